The molecule has 0 heterocycles. The van der Waals surface area contributed by atoms with Crippen molar-refractivity contribution in [2.75, 3.05) is 7.11 Å². The maximum absolute atomic E-state index is 11.2. The SMILES string of the molecule is COC1(OC(C)=O)CC(C)CCC1C(C)C. The van der Waals surface area contributed by atoms with Crippen LogP contribution in [0.25, 0.3) is 0 Å². The van der Waals surface area contributed by atoms with Crippen LogP contribution in [0.3, 0.4) is 0 Å². The Hall–Kier alpha value is -0.570. The molecular formula is C13H24O3. The van der Waals surface area contributed by atoms with Crippen LogP contribution in [-0.4, -0.2) is 18.9 Å². The summed E-state index contributed by atoms with van der Waals surface area (Å²) in [5.74, 6) is 0.373. The number of carbonyl (C=O) groups excluding carboxylic acids is 1. The first-order valence-corrected chi connectivity index (χ1v) is 6.16. The number of esters is 1. The molecule has 1 fully saturated rings. The molecule has 3 atom stereocenters. The van der Waals surface area contributed by atoms with Crippen molar-refractivity contribution in [3.8, 4) is 0 Å². The zero-order valence-electron chi connectivity index (χ0n) is 11.1. The topological polar surface area (TPSA) is 35.5 Å². The summed E-state index contributed by atoms with van der Waals surface area (Å²) in [7, 11) is 1.65. The maximum atomic E-state index is 11.2. The second kappa shape index (κ2) is 5.17. The summed E-state index contributed by atoms with van der Waals surface area (Å²) in [6.07, 6.45) is 3.07. The lowest BCUT2D eigenvalue weighted by Gasteiger charge is -2.45. The molecule has 0 aromatic carbocycles. The molecule has 0 N–H and O–H groups in total. The number of hydrogen-bond acceptors (Lipinski definition) is 3. The number of ether oxygens (including phenoxy) is 2. The lowest BCUT2D eigenvalue weighted by atomic mass is 9.73. The van der Waals surface area contributed by atoms with Crippen molar-refractivity contribution in [1.82, 2.24) is 0 Å². The van der Waals surface area contributed by atoms with Gasteiger partial charge in [-0.05, 0) is 24.7 Å². The van der Waals surface area contributed by atoms with Crippen LogP contribution >= 0.6 is 0 Å². The zero-order chi connectivity index (χ0) is 12.3. The average molecular weight is 228 g/mol. The highest BCUT2D eigenvalue weighted by molar-refractivity contribution is 5.66. The van der Waals surface area contributed by atoms with E-state index in [1.807, 2.05) is 0 Å². The maximum Gasteiger partial charge on any atom is 0.305 e. The van der Waals surface area contributed by atoms with Crippen molar-refractivity contribution >= 4 is 5.97 Å². The standard InChI is InChI=1S/C13H24O3/c1-9(2)12-7-6-10(3)8-13(12,15-5)16-11(4)14/h9-10,12H,6-8H2,1-5H3. The Labute approximate surface area is 98.5 Å². The van der Waals surface area contributed by atoms with Gasteiger partial charge in [0.15, 0.2) is 0 Å². The zero-order valence-corrected chi connectivity index (χ0v) is 11.1. The number of rotatable bonds is 3. The Balaban J connectivity index is 2.92. The molecule has 1 aliphatic rings. The average Bonchev–Trinajstić information content (AvgIpc) is 2.16. The van der Waals surface area contributed by atoms with Gasteiger partial charge in [0.1, 0.15) is 0 Å². The molecule has 1 saturated carbocycles. The van der Waals surface area contributed by atoms with E-state index in [9.17, 15) is 4.79 Å². The van der Waals surface area contributed by atoms with Gasteiger partial charge in [-0.2, -0.15) is 0 Å². The summed E-state index contributed by atoms with van der Waals surface area (Å²) in [5, 5.41) is 0. The highest BCUT2D eigenvalue weighted by atomic mass is 16.7. The first-order valence-electron chi connectivity index (χ1n) is 6.16. The molecule has 3 heteroatoms. The van der Waals surface area contributed by atoms with Crippen LogP contribution in [0.4, 0.5) is 0 Å². The van der Waals surface area contributed by atoms with Crippen molar-refractivity contribution in [2.24, 2.45) is 17.8 Å². The lowest BCUT2D eigenvalue weighted by molar-refractivity contribution is -0.267. The second-order valence-corrected chi connectivity index (χ2v) is 5.35. The molecule has 0 aromatic heterocycles. The third kappa shape index (κ3) is 2.76. The van der Waals surface area contributed by atoms with Gasteiger partial charge in [0.2, 0.25) is 5.79 Å². The van der Waals surface area contributed by atoms with Crippen LogP contribution in [0.5, 0.6) is 0 Å². The summed E-state index contributed by atoms with van der Waals surface area (Å²) >= 11 is 0. The van der Waals surface area contributed by atoms with E-state index in [-0.39, 0.29) is 5.97 Å². The predicted octanol–water partition coefficient (Wildman–Crippen LogP) is 2.98. The Morgan fingerprint density at radius 3 is 2.44 bits per heavy atom. The van der Waals surface area contributed by atoms with Gasteiger partial charge < -0.3 is 9.47 Å². The van der Waals surface area contributed by atoms with E-state index in [4.69, 9.17) is 9.47 Å². The van der Waals surface area contributed by atoms with Crippen molar-refractivity contribution in [3.63, 3.8) is 0 Å². The molecule has 1 rings (SSSR count). The Kier molecular flexibility index (Phi) is 4.36. The van der Waals surface area contributed by atoms with E-state index in [2.05, 4.69) is 20.8 Å². The van der Waals surface area contributed by atoms with E-state index in [0.29, 0.717) is 17.8 Å². The minimum Gasteiger partial charge on any atom is -0.433 e. The fraction of sp³-hybridized carbons (Fsp3) is 0.923. The van der Waals surface area contributed by atoms with E-state index >= 15 is 0 Å². The van der Waals surface area contributed by atoms with Crippen molar-refractivity contribution in [3.05, 3.63) is 0 Å². The molecule has 0 bridgehead atoms. The molecule has 0 aliphatic heterocycles. The van der Waals surface area contributed by atoms with E-state index < -0.39 is 5.79 Å². The molecule has 3 unspecified atom stereocenters. The second-order valence-electron chi connectivity index (χ2n) is 5.35. The minimum absolute atomic E-state index is 0.249. The molecule has 0 aromatic rings. The van der Waals surface area contributed by atoms with Crippen LogP contribution < -0.4 is 0 Å². The Bertz CT molecular complexity index is 250. The lowest BCUT2D eigenvalue weighted by Crippen LogP contribution is -2.50. The van der Waals surface area contributed by atoms with E-state index in [1.54, 1.807) is 7.11 Å². The molecule has 0 spiro atoms. The van der Waals surface area contributed by atoms with Gasteiger partial charge >= 0.3 is 5.97 Å². The smallest absolute Gasteiger partial charge is 0.305 e. The first kappa shape index (κ1) is 13.5. The molecule has 94 valence electrons. The summed E-state index contributed by atoms with van der Waals surface area (Å²) < 4.78 is 11.1. The largest absolute Gasteiger partial charge is 0.433 e. The summed E-state index contributed by atoms with van der Waals surface area (Å²) in [4.78, 5) is 11.2. The van der Waals surface area contributed by atoms with Gasteiger partial charge in [-0.25, -0.2) is 0 Å². The normalized spacial score (nSPS) is 35.1. The number of hydrogen-bond donors (Lipinski definition) is 0. The fourth-order valence-electron chi connectivity index (χ4n) is 2.90. The van der Waals surface area contributed by atoms with Gasteiger partial charge in [0, 0.05) is 26.4 Å². The molecule has 3 nitrogen and oxygen atoms in total. The summed E-state index contributed by atoms with van der Waals surface area (Å²) in [6.45, 7) is 7.97. The van der Waals surface area contributed by atoms with Gasteiger partial charge in [0.25, 0.3) is 0 Å². The summed E-state index contributed by atoms with van der Waals surface area (Å²) in [5.41, 5.74) is 0. The van der Waals surface area contributed by atoms with Gasteiger partial charge in [-0.15, -0.1) is 0 Å². The first-order chi connectivity index (χ1) is 7.41. The Morgan fingerprint density at radius 2 is 2.00 bits per heavy atom. The molecule has 16 heavy (non-hydrogen) atoms. The number of carbonyl (C=O) groups is 1. The third-order valence-corrected chi connectivity index (χ3v) is 3.64. The third-order valence-electron chi connectivity index (χ3n) is 3.64. The van der Waals surface area contributed by atoms with Gasteiger partial charge in [0.05, 0.1) is 0 Å². The Morgan fingerprint density at radius 1 is 1.38 bits per heavy atom. The van der Waals surface area contributed by atoms with Crippen LogP contribution in [0.15, 0.2) is 0 Å². The van der Waals surface area contributed by atoms with Crippen LogP contribution in [-0.2, 0) is 14.3 Å². The van der Waals surface area contributed by atoms with Gasteiger partial charge in [-0.3, -0.25) is 4.79 Å². The number of methoxy groups -OCH3 is 1. The molecule has 0 radical (unpaired) electrons. The highest BCUT2D eigenvalue weighted by Gasteiger charge is 2.47. The van der Waals surface area contributed by atoms with E-state index in [0.717, 1.165) is 12.8 Å². The van der Waals surface area contributed by atoms with E-state index in [1.165, 1.54) is 13.3 Å². The molecule has 0 saturated heterocycles. The van der Waals surface area contributed by atoms with Crippen LogP contribution in [0.1, 0.15) is 47.0 Å². The monoisotopic (exact) mass is 228 g/mol. The molecule has 0 amide bonds. The highest BCUT2D eigenvalue weighted by Crippen LogP contribution is 2.43. The van der Waals surface area contributed by atoms with Gasteiger partial charge in [-0.1, -0.05) is 20.8 Å². The van der Waals surface area contributed by atoms with Crippen molar-refractivity contribution in [2.45, 2.75) is 52.7 Å². The molecule has 1 aliphatic carbocycles. The molecular weight excluding hydrogens is 204 g/mol. The fourth-order valence-corrected chi connectivity index (χ4v) is 2.90. The summed E-state index contributed by atoms with van der Waals surface area (Å²) in [6, 6.07) is 0. The quantitative estimate of drug-likeness (QED) is 0.550. The minimum atomic E-state index is -0.697. The van der Waals surface area contributed by atoms with Crippen molar-refractivity contribution in [1.29, 1.82) is 0 Å². The predicted molar refractivity (Wildman–Crippen MR) is 62.8 cm³/mol. The van der Waals surface area contributed by atoms with Crippen molar-refractivity contribution < 1.29 is 14.3 Å². The van der Waals surface area contributed by atoms with Crippen LogP contribution in [0.2, 0.25) is 0 Å². The van der Waals surface area contributed by atoms with Crippen LogP contribution in [0, 0.1) is 17.8 Å².